The predicted octanol–water partition coefficient (Wildman–Crippen LogP) is 2.16. The molecule has 0 aromatic heterocycles. The first-order chi connectivity index (χ1) is 11.2. The number of carbonyl (C=O) groups is 1. The fraction of sp³-hybridized carbons (Fsp3) is 0.632. The van der Waals surface area contributed by atoms with Crippen molar-refractivity contribution in [1.82, 2.24) is 15.5 Å². The normalized spacial score (nSPS) is 29.2. The highest BCUT2D eigenvalue weighted by Crippen LogP contribution is 2.21. The smallest absolute Gasteiger partial charge is 0.237 e. The Hall–Kier alpha value is -1.39. The molecule has 3 unspecified atom stereocenters. The van der Waals surface area contributed by atoms with Gasteiger partial charge in [-0.2, -0.15) is 0 Å². The molecule has 1 aromatic rings. The third-order valence-corrected chi connectivity index (χ3v) is 5.26. The Kier molecular flexibility index (Phi) is 5.68. The fourth-order valence-corrected chi connectivity index (χ4v) is 3.80. The number of carbonyl (C=O) groups excluding carboxylic acids is 1. The minimum atomic E-state index is 0.0334. The second-order valence-electron chi connectivity index (χ2n) is 7.05. The molecule has 2 heterocycles. The largest absolute Gasteiger partial charge is 0.352 e. The first kappa shape index (κ1) is 16.5. The molecule has 4 nitrogen and oxygen atoms in total. The van der Waals surface area contributed by atoms with E-state index in [1.165, 1.54) is 12.0 Å². The summed E-state index contributed by atoms with van der Waals surface area (Å²) in [6.07, 6.45) is 4.38. The van der Waals surface area contributed by atoms with Crippen LogP contribution in [-0.2, 0) is 11.3 Å². The van der Waals surface area contributed by atoms with E-state index in [1.807, 2.05) is 6.07 Å². The fourth-order valence-electron chi connectivity index (χ4n) is 3.80. The van der Waals surface area contributed by atoms with Gasteiger partial charge in [-0.15, -0.1) is 0 Å². The number of hydrogen-bond acceptors (Lipinski definition) is 3. The molecule has 0 saturated carbocycles. The molecule has 0 spiro atoms. The monoisotopic (exact) mass is 315 g/mol. The predicted molar refractivity (Wildman–Crippen MR) is 93.1 cm³/mol. The lowest BCUT2D eigenvalue weighted by molar-refractivity contribution is -0.129. The minimum Gasteiger partial charge on any atom is -0.352 e. The molecule has 2 fully saturated rings. The van der Waals surface area contributed by atoms with E-state index in [-0.39, 0.29) is 11.9 Å². The second-order valence-corrected chi connectivity index (χ2v) is 7.05. The van der Waals surface area contributed by atoms with Crippen LogP contribution in [0.2, 0.25) is 0 Å². The van der Waals surface area contributed by atoms with Crippen LogP contribution in [0.5, 0.6) is 0 Å². The van der Waals surface area contributed by atoms with Gasteiger partial charge in [0.15, 0.2) is 0 Å². The van der Waals surface area contributed by atoms with Gasteiger partial charge in [-0.3, -0.25) is 9.69 Å². The summed E-state index contributed by atoms with van der Waals surface area (Å²) in [5, 5.41) is 6.73. The molecule has 0 radical (unpaired) electrons. The number of rotatable bonds is 4. The van der Waals surface area contributed by atoms with Crippen LogP contribution in [0.1, 0.15) is 38.2 Å². The molecule has 2 saturated heterocycles. The van der Waals surface area contributed by atoms with E-state index < -0.39 is 0 Å². The first-order valence-electron chi connectivity index (χ1n) is 9.03. The van der Waals surface area contributed by atoms with Crippen LogP contribution in [0.3, 0.4) is 0 Å². The highest BCUT2D eigenvalue weighted by atomic mass is 16.2. The Morgan fingerprint density at radius 3 is 2.87 bits per heavy atom. The van der Waals surface area contributed by atoms with Gasteiger partial charge in [0.05, 0.1) is 6.04 Å². The van der Waals surface area contributed by atoms with Gasteiger partial charge in [-0.1, -0.05) is 43.7 Å². The van der Waals surface area contributed by atoms with Gasteiger partial charge in [0, 0.05) is 12.6 Å². The lowest BCUT2D eigenvalue weighted by Gasteiger charge is -2.37. The van der Waals surface area contributed by atoms with Crippen molar-refractivity contribution in [3.63, 3.8) is 0 Å². The molecule has 3 atom stereocenters. The summed E-state index contributed by atoms with van der Waals surface area (Å²) in [6.45, 7) is 6.13. The SMILES string of the molecule is CC1CNCCC1NC(=O)C1CCCCN1Cc1ccccc1. The van der Waals surface area contributed by atoms with E-state index >= 15 is 0 Å². The van der Waals surface area contributed by atoms with E-state index in [0.717, 1.165) is 45.4 Å². The molecule has 2 aliphatic heterocycles. The average Bonchev–Trinajstić information content (AvgIpc) is 2.58. The quantitative estimate of drug-likeness (QED) is 0.895. The lowest BCUT2D eigenvalue weighted by atomic mass is 9.94. The summed E-state index contributed by atoms with van der Waals surface area (Å²) < 4.78 is 0. The third kappa shape index (κ3) is 4.33. The summed E-state index contributed by atoms with van der Waals surface area (Å²) >= 11 is 0. The van der Waals surface area contributed by atoms with Crippen molar-refractivity contribution in [2.24, 2.45) is 5.92 Å². The first-order valence-corrected chi connectivity index (χ1v) is 9.03. The van der Waals surface area contributed by atoms with E-state index in [0.29, 0.717) is 12.0 Å². The number of benzene rings is 1. The zero-order valence-corrected chi connectivity index (χ0v) is 14.1. The minimum absolute atomic E-state index is 0.0334. The topological polar surface area (TPSA) is 44.4 Å². The van der Waals surface area contributed by atoms with Gasteiger partial charge in [0.2, 0.25) is 5.91 Å². The zero-order valence-electron chi connectivity index (χ0n) is 14.1. The van der Waals surface area contributed by atoms with Crippen LogP contribution >= 0.6 is 0 Å². The molecule has 2 aliphatic rings. The molecule has 3 rings (SSSR count). The highest BCUT2D eigenvalue weighted by molar-refractivity contribution is 5.82. The Balaban J connectivity index is 1.62. The summed E-state index contributed by atoms with van der Waals surface area (Å²) in [6, 6.07) is 10.9. The lowest BCUT2D eigenvalue weighted by Crippen LogP contribution is -2.55. The number of piperidine rings is 2. The van der Waals surface area contributed by atoms with Crippen molar-refractivity contribution in [3.05, 3.63) is 35.9 Å². The van der Waals surface area contributed by atoms with Crippen molar-refractivity contribution in [2.75, 3.05) is 19.6 Å². The molecule has 0 bridgehead atoms. The van der Waals surface area contributed by atoms with Gasteiger partial charge >= 0.3 is 0 Å². The number of nitrogens with one attached hydrogen (secondary N) is 2. The summed E-state index contributed by atoms with van der Waals surface area (Å²) in [5.74, 6) is 0.748. The maximum Gasteiger partial charge on any atom is 0.237 e. The van der Waals surface area contributed by atoms with Gasteiger partial charge in [-0.05, 0) is 50.4 Å². The van der Waals surface area contributed by atoms with E-state index in [4.69, 9.17) is 0 Å². The molecular weight excluding hydrogens is 286 g/mol. The van der Waals surface area contributed by atoms with Crippen molar-refractivity contribution < 1.29 is 4.79 Å². The van der Waals surface area contributed by atoms with Crippen molar-refractivity contribution in [1.29, 1.82) is 0 Å². The van der Waals surface area contributed by atoms with Crippen molar-refractivity contribution in [2.45, 2.75) is 51.2 Å². The number of likely N-dealkylation sites (tertiary alicyclic amines) is 1. The number of hydrogen-bond donors (Lipinski definition) is 2. The molecule has 1 amide bonds. The molecule has 1 aromatic carbocycles. The second kappa shape index (κ2) is 7.93. The average molecular weight is 315 g/mol. The zero-order chi connectivity index (χ0) is 16.1. The Morgan fingerprint density at radius 2 is 2.09 bits per heavy atom. The van der Waals surface area contributed by atoms with Gasteiger partial charge in [0.1, 0.15) is 0 Å². The van der Waals surface area contributed by atoms with Crippen LogP contribution in [0.15, 0.2) is 30.3 Å². The maximum absolute atomic E-state index is 12.8. The summed E-state index contributed by atoms with van der Waals surface area (Å²) in [5.41, 5.74) is 1.29. The van der Waals surface area contributed by atoms with Crippen LogP contribution in [0.4, 0.5) is 0 Å². The number of nitrogens with zero attached hydrogens (tertiary/aromatic N) is 1. The van der Waals surface area contributed by atoms with Crippen LogP contribution in [0.25, 0.3) is 0 Å². The molecule has 126 valence electrons. The number of amides is 1. The Bertz CT molecular complexity index is 505. The van der Waals surface area contributed by atoms with Crippen LogP contribution < -0.4 is 10.6 Å². The summed E-state index contributed by atoms with van der Waals surface area (Å²) in [4.78, 5) is 15.2. The molecule has 4 heteroatoms. The van der Waals surface area contributed by atoms with Gasteiger partial charge in [0.25, 0.3) is 0 Å². The van der Waals surface area contributed by atoms with Crippen molar-refractivity contribution >= 4 is 5.91 Å². The molecule has 0 aliphatic carbocycles. The Morgan fingerprint density at radius 1 is 1.26 bits per heavy atom. The Labute approximate surface area is 139 Å². The highest BCUT2D eigenvalue weighted by Gasteiger charge is 2.31. The molecule has 2 N–H and O–H groups in total. The van der Waals surface area contributed by atoms with Gasteiger partial charge < -0.3 is 10.6 Å². The van der Waals surface area contributed by atoms with E-state index in [9.17, 15) is 4.79 Å². The molecule has 23 heavy (non-hydrogen) atoms. The van der Waals surface area contributed by atoms with Crippen LogP contribution in [-0.4, -0.2) is 42.5 Å². The van der Waals surface area contributed by atoms with E-state index in [1.54, 1.807) is 0 Å². The van der Waals surface area contributed by atoms with Crippen LogP contribution in [0, 0.1) is 5.92 Å². The third-order valence-electron chi connectivity index (χ3n) is 5.26. The van der Waals surface area contributed by atoms with Crippen molar-refractivity contribution in [3.8, 4) is 0 Å². The standard InChI is InChI=1S/C19H29N3O/c1-15-13-20-11-10-17(15)21-19(23)18-9-5-6-12-22(18)14-16-7-3-2-4-8-16/h2-4,7-8,15,17-18,20H,5-6,9-14H2,1H3,(H,21,23). The maximum atomic E-state index is 12.8. The van der Waals surface area contributed by atoms with E-state index in [2.05, 4.69) is 46.7 Å². The van der Waals surface area contributed by atoms with Gasteiger partial charge in [-0.25, -0.2) is 0 Å². The summed E-state index contributed by atoms with van der Waals surface area (Å²) in [7, 11) is 0. The molecular formula is C19H29N3O.